The number of para-hydroxylation sites is 1. The van der Waals surface area contributed by atoms with Gasteiger partial charge in [-0.15, -0.1) is 0 Å². The normalized spacial score (nSPS) is 16.5. The molecule has 5 heteroatoms. The zero-order chi connectivity index (χ0) is 21.1. The number of hydrogen-bond acceptors (Lipinski definition) is 3. The molecule has 3 aromatic rings. The standard InChI is InChI=1S/C25H24N2O3/c1-18-7-6-8-20(17-18)25(29)26-15-16-27(24(28)19(26)2)21-11-13-23(14-12-21)30-22-9-4-3-5-10-22/h3-14,17,19H,15-16H2,1-2H3. The van der Waals surface area contributed by atoms with E-state index in [-0.39, 0.29) is 11.8 Å². The molecular formula is C25H24N2O3. The summed E-state index contributed by atoms with van der Waals surface area (Å²) in [6, 6.07) is 24.0. The van der Waals surface area contributed by atoms with Crippen molar-refractivity contribution in [3.8, 4) is 11.5 Å². The van der Waals surface area contributed by atoms with Gasteiger partial charge < -0.3 is 14.5 Å². The van der Waals surface area contributed by atoms with Gasteiger partial charge in [0.15, 0.2) is 0 Å². The molecule has 1 aliphatic heterocycles. The van der Waals surface area contributed by atoms with Crippen LogP contribution in [-0.2, 0) is 4.79 Å². The largest absolute Gasteiger partial charge is 0.457 e. The van der Waals surface area contributed by atoms with Gasteiger partial charge in [0.2, 0.25) is 5.91 Å². The van der Waals surface area contributed by atoms with Crippen molar-refractivity contribution < 1.29 is 14.3 Å². The number of amides is 2. The number of carbonyl (C=O) groups excluding carboxylic acids is 2. The SMILES string of the molecule is Cc1cccc(C(=O)N2CCN(c3ccc(Oc4ccccc4)cc3)C(=O)C2C)c1. The Balaban J connectivity index is 1.45. The van der Waals surface area contributed by atoms with Crippen LogP contribution < -0.4 is 9.64 Å². The molecule has 2 amide bonds. The first-order valence-corrected chi connectivity index (χ1v) is 10.0. The summed E-state index contributed by atoms with van der Waals surface area (Å²) in [5, 5.41) is 0. The summed E-state index contributed by atoms with van der Waals surface area (Å²) in [5.41, 5.74) is 2.44. The second-order valence-corrected chi connectivity index (χ2v) is 7.44. The molecule has 1 unspecified atom stereocenters. The Bertz CT molecular complexity index is 1050. The second-order valence-electron chi connectivity index (χ2n) is 7.44. The summed E-state index contributed by atoms with van der Waals surface area (Å²) in [6.07, 6.45) is 0. The quantitative estimate of drug-likeness (QED) is 0.640. The van der Waals surface area contributed by atoms with Gasteiger partial charge >= 0.3 is 0 Å². The highest BCUT2D eigenvalue weighted by atomic mass is 16.5. The first-order chi connectivity index (χ1) is 14.5. The van der Waals surface area contributed by atoms with Crippen LogP contribution in [0.4, 0.5) is 5.69 Å². The molecule has 0 saturated carbocycles. The Morgan fingerprint density at radius 3 is 2.30 bits per heavy atom. The van der Waals surface area contributed by atoms with Crippen molar-refractivity contribution in [1.82, 2.24) is 4.90 Å². The van der Waals surface area contributed by atoms with Crippen LogP contribution in [0.15, 0.2) is 78.9 Å². The van der Waals surface area contributed by atoms with Gasteiger partial charge in [-0.1, -0.05) is 35.9 Å². The molecule has 0 aromatic heterocycles. The summed E-state index contributed by atoms with van der Waals surface area (Å²) in [4.78, 5) is 29.3. The topological polar surface area (TPSA) is 49.9 Å². The van der Waals surface area contributed by atoms with Crippen LogP contribution in [-0.4, -0.2) is 35.8 Å². The van der Waals surface area contributed by atoms with E-state index in [4.69, 9.17) is 4.74 Å². The zero-order valence-corrected chi connectivity index (χ0v) is 17.1. The minimum absolute atomic E-state index is 0.0843. The number of benzene rings is 3. The average molecular weight is 400 g/mol. The van der Waals surface area contributed by atoms with Gasteiger partial charge in [-0.3, -0.25) is 9.59 Å². The lowest BCUT2D eigenvalue weighted by atomic mass is 10.1. The average Bonchev–Trinajstić information content (AvgIpc) is 2.77. The molecule has 1 atom stereocenters. The van der Waals surface area contributed by atoms with Crippen LogP contribution in [0.2, 0.25) is 0 Å². The predicted molar refractivity (Wildman–Crippen MR) is 117 cm³/mol. The van der Waals surface area contributed by atoms with E-state index in [0.717, 1.165) is 17.0 Å². The molecule has 152 valence electrons. The van der Waals surface area contributed by atoms with Gasteiger partial charge in [-0.25, -0.2) is 0 Å². The number of rotatable bonds is 4. The molecule has 0 N–H and O–H groups in total. The third-order valence-electron chi connectivity index (χ3n) is 5.31. The third kappa shape index (κ3) is 4.06. The molecule has 5 nitrogen and oxygen atoms in total. The van der Waals surface area contributed by atoms with Gasteiger partial charge in [0, 0.05) is 24.3 Å². The summed E-state index contributed by atoms with van der Waals surface area (Å²) in [5.74, 6) is 1.28. The summed E-state index contributed by atoms with van der Waals surface area (Å²) in [6.45, 7) is 4.69. The number of hydrogen-bond donors (Lipinski definition) is 0. The van der Waals surface area contributed by atoms with Crippen molar-refractivity contribution in [2.45, 2.75) is 19.9 Å². The third-order valence-corrected chi connectivity index (χ3v) is 5.31. The van der Waals surface area contributed by atoms with E-state index in [9.17, 15) is 9.59 Å². The van der Waals surface area contributed by atoms with Gasteiger partial charge in [-0.05, 0) is 62.4 Å². The van der Waals surface area contributed by atoms with E-state index >= 15 is 0 Å². The molecule has 0 aliphatic carbocycles. The van der Waals surface area contributed by atoms with Crippen LogP contribution >= 0.6 is 0 Å². The van der Waals surface area contributed by atoms with Crippen LogP contribution in [0.3, 0.4) is 0 Å². The summed E-state index contributed by atoms with van der Waals surface area (Å²) < 4.78 is 5.82. The highest BCUT2D eigenvalue weighted by molar-refractivity contribution is 6.03. The summed E-state index contributed by atoms with van der Waals surface area (Å²) >= 11 is 0. The molecule has 1 heterocycles. The Labute approximate surface area is 176 Å². The maximum atomic E-state index is 13.0. The monoisotopic (exact) mass is 400 g/mol. The first-order valence-electron chi connectivity index (χ1n) is 10.0. The smallest absolute Gasteiger partial charge is 0.254 e. The molecule has 1 aliphatic rings. The van der Waals surface area contributed by atoms with Crippen molar-refractivity contribution in [3.05, 3.63) is 90.0 Å². The lowest BCUT2D eigenvalue weighted by molar-refractivity contribution is -0.124. The van der Waals surface area contributed by atoms with Crippen molar-refractivity contribution in [1.29, 1.82) is 0 Å². The number of carbonyl (C=O) groups is 2. The molecule has 4 rings (SSSR count). The van der Waals surface area contributed by atoms with E-state index in [2.05, 4.69) is 0 Å². The van der Waals surface area contributed by atoms with E-state index in [1.807, 2.05) is 79.7 Å². The van der Waals surface area contributed by atoms with E-state index in [1.54, 1.807) is 22.8 Å². The van der Waals surface area contributed by atoms with Gasteiger partial charge in [0.25, 0.3) is 5.91 Å². The Morgan fingerprint density at radius 1 is 0.900 bits per heavy atom. The number of anilines is 1. The van der Waals surface area contributed by atoms with Crippen LogP contribution in [0.25, 0.3) is 0 Å². The van der Waals surface area contributed by atoms with Gasteiger partial charge in [0.1, 0.15) is 17.5 Å². The van der Waals surface area contributed by atoms with E-state index < -0.39 is 6.04 Å². The fourth-order valence-electron chi connectivity index (χ4n) is 3.67. The van der Waals surface area contributed by atoms with Crippen molar-refractivity contribution in [2.75, 3.05) is 18.0 Å². The zero-order valence-electron chi connectivity index (χ0n) is 17.1. The van der Waals surface area contributed by atoms with Crippen molar-refractivity contribution in [3.63, 3.8) is 0 Å². The maximum absolute atomic E-state index is 13.0. The molecule has 0 radical (unpaired) electrons. The predicted octanol–water partition coefficient (Wildman–Crippen LogP) is 4.66. The molecule has 0 spiro atoms. The molecule has 30 heavy (non-hydrogen) atoms. The van der Waals surface area contributed by atoms with Crippen LogP contribution in [0, 0.1) is 6.92 Å². The minimum atomic E-state index is -0.521. The molecular weight excluding hydrogens is 376 g/mol. The highest BCUT2D eigenvalue weighted by Gasteiger charge is 2.35. The molecule has 0 bridgehead atoms. The minimum Gasteiger partial charge on any atom is -0.457 e. The number of piperazine rings is 1. The fraction of sp³-hybridized carbons (Fsp3) is 0.200. The number of ether oxygens (including phenoxy) is 1. The Hall–Kier alpha value is -3.60. The second kappa shape index (κ2) is 8.41. The van der Waals surface area contributed by atoms with Crippen molar-refractivity contribution >= 4 is 17.5 Å². The Morgan fingerprint density at radius 2 is 1.60 bits per heavy atom. The van der Waals surface area contributed by atoms with E-state index in [1.165, 1.54) is 0 Å². The molecule has 1 fully saturated rings. The van der Waals surface area contributed by atoms with Crippen LogP contribution in [0.5, 0.6) is 11.5 Å². The van der Waals surface area contributed by atoms with Crippen LogP contribution in [0.1, 0.15) is 22.8 Å². The van der Waals surface area contributed by atoms with Crippen molar-refractivity contribution in [2.24, 2.45) is 0 Å². The van der Waals surface area contributed by atoms with Gasteiger partial charge in [-0.2, -0.15) is 0 Å². The highest BCUT2D eigenvalue weighted by Crippen LogP contribution is 2.27. The fourth-order valence-corrected chi connectivity index (χ4v) is 3.67. The number of nitrogens with zero attached hydrogens (tertiary/aromatic N) is 2. The Kier molecular flexibility index (Phi) is 5.53. The molecule has 1 saturated heterocycles. The maximum Gasteiger partial charge on any atom is 0.254 e. The van der Waals surface area contributed by atoms with Gasteiger partial charge in [0.05, 0.1) is 0 Å². The molecule has 3 aromatic carbocycles. The summed E-state index contributed by atoms with van der Waals surface area (Å²) in [7, 11) is 0. The first kappa shape index (κ1) is 19.7. The lowest BCUT2D eigenvalue weighted by Gasteiger charge is -2.39. The van der Waals surface area contributed by atoms with E-state index in [0.29, 0.717) is 24.4 Å². The number of aryl methyl sites for hydroxylation is 1. The lowest BCUT2D eigenvalue weighted by Crippen LogP contribution is -2.57.